The summed E-state index contributed by atoms with van der Waals surface area (Å²) in [5, 5.41) is 0.497. The molecule has 2 rings (SSSR count). The number of rotatable bonds is 2. The molecule has 0 aliphatic carbocycles. The number of hydrogen-bond acceptors (Lipinski definition) is 1. The predicted molar refractivity (Wildman–Crippen MR) is 47.3 cm³/mol. The Labute approximate surface area is 73.7 Å². The Kier molecular flexibility index (Phi) is 1.73. The molecule has 0 fully saturated rings. The van der Waals surface area contributed by atoms with E-state index in [4.69, 9.17) is 0 Å². The van der Waals surface area contributed by atoms with Gasteiger partial charge in [-0.15, -0.1) is 0 Å². The second-order valence-corrected chi connectivity index (χ2v) is 2.61. The highest BCUT2D eigenvalue weighted by atomic mass is 19.1. The third-order valence-electron chi connectivity index (χ3n) is 1.87. The molecular weight excluding hydrogens is 171 g/mol. The van der Waals surface area contributed by atoms with E-state index in [1.165, 1.54) is 10.7 Å². The molecule has 0 saturated carbocycles. The van der Waals surface area contributed by atoms with Gasteiger partial charge in [0.2, 0.25) is 6.41 Å². The van der Waals surface area contributed by atoms with Crippen molar-refractivity contribution in [1.82, 2.24) is 4.68 Å². The van der Waals surface area contributed by atoms with E-state index < -0.39 is 0 Å². The van der Waals surface area contributed by atoms with E-state index in [-0.39, 0.29) is 5.82 Å². The first-order chi connectivity index (χ1) is 6.33. The largest absolute Gasteiger partial charge is 0.277 e. The zero-order valence-electron chi connectivity index (χ0n) is 6.70. The van der Waals surface area contributed by atoms with E-state index in [0.29, 0.717) is 17.3 Å². The molecule has 2 aromatic rings. The molecule has 0 atom stereocenters. The first-order valence-corrected chi connectivity index (χ1v) is 3.78. The van der Waals surface area contributed by atoms with Gasteiger partial charge in [0.1, 0.15) is 5.82 Å². The molecule has 4 heteroatoms. The number of aromatic nitrogens is 1. The van der Waals surface area contributed by atoms with Gasteiger partial charge in [0.05, 0.1) is 5.52 Å². The molecular formula is C9H7FN2O. The summed E-state index contributed by atoms with van der Waals surface area (Å²) in [5.74, 6) is -0.288. The first-order valence-electron chi connectivity index (χ1n) is 3.78. The summed E-state index contributed by atoms with van der Waals surface area (Å²) in [7, 11) is 0. The Balaban J connectivity index is 2.67. The van der Waals surface area contributed by atoms with Gasteiger partial charge in [-0.25, -0.2) is 4.39 Å². The lowest BCUT2D eigenvalue weighted by Crippen LogP contribution is -2.10. The van der Waals surface area contributed by atoms with Crippen LogP contribution in [0.25, 0.3) is 10.9 Å². The number of nitrogens with one attached hydrogen (secondary N) is 1. The van der Waals surface area contributed by atoms with Crippen molar-refractivity contribution in [2.75, 3.05) is 5.43 Å². The third-order valence-corrected chi connectivity index (χ3v) is 1.87. The predicted octanol–water partition coefficient (Wildman–Crippen LogP) is 1.48. The molecule has 0 saturated heterocycles. The van der Waals surface area contributed by atoms with Crippen molar-refractivity contribution in [3.8, 4) is 0 Å². The molecule has 0 aliphatic rings. The Bertz CT molecular complexity index is 450. The van der Waals surface area contributed by atoms with Crippen LogP contribution in [0.4, 0.5) is 4.39 Å². The standard InChI is InChI=1S/C9H7FN2O/c10-8-2-1-3-9-7(8)4-5-12(9)11-6-13/h1-6H,(H,11,13). The van der Waals surface area contributed by atoms with Gasteiger partial charge >= 0.3 is 0 Å². The van der Waals surface area contributed by atoms with Gasteiger partial charge in [-0.2, -0.15) is 0 Å². The summed E-state index contributed by atoms with van der Waals surface area (Å²) >= 11 is 0. The number of carbonyl (C=O) groups excluding carboxylic acids is 1. The van der Waals surface area contributed by atoms with Crippen molar-refractivity contribution in [2.45, 2.75) is 0 Å². The van der Waals surface area contributed by atoms with Crippen molar-refractivity contribution >= 4 is 17.3 Å². The van der Waals surface area contributed by atoms with Crippen molar-refractivity contribution in [2.24, 2.45) is 0 Å². The number of fused-ring (bicyclic) bond motifs is 1. The molecule has 1 heterocycles. The van der Waals surface area contributed by atoms with Crippen LogP contribution in [0, 0.1) is 5.82 Å². The second-order valence-electron chi connectivity index (χ2n) is 2.61. The third kappa shape index (κ3) is 1.16. The van der Waals surface area contributed by atoms with E-state index in [0.717, 1.165) is 0 Å². The Morgan fingerprint density at radius 1 is 1.38 bits per heavy atom. The van der Waals surface area contributed by atoms with Crippen LogP contribution in [0.1, 0.15) is 0 Å². The average molecular weight is 178 g/mol. The van der Waals surface area contributed by atoms with Gasteiger partial charge in [-0.1, -0.05) is 6.07 Å². The van der Waals surface area contributed by atoms with Crippen LogP contribution in [-0.2, 0) is 4.79 Å². The Hall–Kier alpha value is -1.84. The normalized spacial score (nSPS) is 10.2. The van der Waals surface area contributed by atoms with Crippen molar-refractivity contribution in [3.63, 3.8) is 0 Å². The smallest absolute Gasteiger partial charge is 0.226 e. The van der Waals surface area contributed by atoms with Crippen molar-refractivity contribution in [3.05, 3.63) is 36.3 Å². The van der Waals surface area contributed by atoms with E-state index >= 15 is 0 Å². The van der Waals surface area contributed by atoms with E-state index in [2.05, 4.69) is 5.43 Å². The lowest BCUT2D eigenvalue weighted by molar-refractivity contribution is -0.106. The molecule has 66 valence electrons. The first kappa shape index (κ1) is 7.79. The van der Waals surface area contributed by atoms with Crippen molar-refractivity contribution in [1.29, 1.82) is 0 Å². The summed E-state index contributed by atoms with van der Waals surface area (Å²) in [4.78, 5) is 10.2. The van der Waals surface area contributed by atoms with Crippen LogP contribution in [0.5, 0.6) is 0 Å². The Morgan fingerprint density at radius 3 is 3.00 bits per heavy atom. The van der Waals surface area contributed by atoms with Gasteiger partial charge in [0.25, 0.3) is 0 Å². The maximum absolute atomic E-state index is 13.1. The van der Waals surface area contributed by atoms with Gasteiger partial charge in [-0.3, -0.25) is 14.9 Å². The fraction of sp³-hybridized carbons (Fsp3) is 0. The van der Waals surface area contributed by atoms with Crippen LogP contribution in [-0.4, -0.2) is 11.1 Å². The van der Waals surface area contributed by atoms with Gasteiger partial charge in [0.15, 0.2) is 0 Å². The van der Waals surface area contributed by atoms with Crippen LogP contribution in [0.2, 0.25) is 0 Å². The van der Waals surface area contributed by atoms with Crippen LogP contribution >= 0.6 is 0 Å². The zero-order valence-corrected chi connectivity index (χ0v) is 6.70. The monoisotopic (exact) mass is 178 g/mol. The summed E-state index contributed by atoms with van der Waals surface area (Å²) in [5.41, 5.74) is 3.07. The molecule has 13 heavy (non-hydrogen) atoms. The van der Waals surface area contributed by atoms with Crippen LogP contribution in [0.15, 0.2) is 30.5 Å². The topological polar surface area (TPSA) is 34.0 Å². The highest BCUT2D eigenvalue weighted by Gasteiger charge is 2.03. The van der Waals surface area contributed by atoms with Gasteiger partial charge in [-0.05, 0) is 18.2 Å². The maximum Gasteiger partial charge on any atom is 0.226 e. The molecule has 3 nitrogen and oxygen atoms in total. The molecule has 0 spiro atoms. The van der Waals surface area contributed by atoms with Crippen molar-refractivity contribution < 1.29 is 9.18 Å². The van der Waals surface area contributed by atoms with Crippen LogP contribution in [0.3, 0.4) is 0 Å². The number of hydrogen-bond donors (Lipinski definition) is 1. The van der Waals surface area contributed by atoms with Crippen LogP contribution < -0.4 is 5.43 Å². The fourth-order valence-corrected chi connectivity index (χ4v) is 1.30. The molecule has 1 aromatic heterocycles. The lowest BCUT2D eigenvalue weighted by atomic mass is 10.2. The van der Waals surface area contributed by atoms with E-state index in [1.54, 1.807) is 24.4 Å². The zero-order chi connectivity index (χ0) is 9.26. The highest BCUT2D eigenvalue weighted by Crippen LogP contribution is 2.17. The molecule has 1 N–H and O–H groups in total. The summed E-state index contributed by atoms with van der Waals surface area (Å²) in [6.45, 7) is 0. The quantitative estimate of drug-likeness (QED) is 0.694. The lowest BCUT2D eigenvalue weighted by Gasteiger charge is -2.00. The number of benzene rings is 1. The minimum atomic E-state index is -0.288. The average Bonchev–Trinajstić information content (AvgIpc) is 2.51. The minimum Gasteiger partial charge on any atom is -0.277 e. The minimum absolute atomic E-state index is 0.288. The number of amides is 1. The van der Waals surface area contributed by atoms with E-state index in [1.807, 2.05) is 0 Å². The molecule has 0 bridgehead atoms. The second kappa shape index (κ2) is 2.90. The van der Waals surface area contributed by atoms with Gasteiger partial charge < -0.3 is 0 Å². The summed E-state index contributed by atoms with van der Waals surface area (Å²) in [6.07, 6.45) is 2.15. The summed E-state index contributed by atoms with van der Waals surface area (Å²) in [6, 6.07) is 6.32. The summed E-state index contributed by atoms with van der Waals surface area (Å²) < 4.78 is 14.6. The number of carbonyl (C=O) groups is 1. The SMILES string of the molecule is O=CNn1ccc2c(F)cccc21. The Morgan fingerprint density at radius 2 is 2.23 bits per heavy atom. The molecule has 0 unspecified atom stereocenters. The molecule has 0 radical (unpaired) electrons. The molecule has 0 aliphatic heterocycles. The fourth-order valence-electron chi connectivity index (χ4n) is 1.30. The number of nitrogens with zero attached hydrogens (tertiary/aromatic N) is 1. The van der Waals surface area contributed by atoms with Gasteiger partial charge in [0, 0.05) is 11.6 Å². The molecule has 1 aromatic carbocycles. The molecule has 1 amide bonds. The number of halogens is 1. The van der Waals surface area contributed by atoms with E-state index in [9.17, 15) is 9.18 Å². The maximum atomic E-state index is 13.1. The highest BCUT2D eigenvalue weighted by molar-refractivity contribution is 5.82.